The predicted molar refractivity (Wildman–Crippen MR) is 40.0 cm³/mol. The second-order valence-electron chi connectivity index (χ2n) is 2.06. The Balaban J connectivity index is 2.29. The van der Waals surface area contributed by atoms with Crippen molar-refractivity contribution in [1.29, 1.82) is 0 Å². The number of hydrogen-bond acceptors (Lipinski definition) is 4. The maximum Gasteiger partial charge on any atom is 0.274 e. The van der Waals surface area contributed by atoms with Crippen LogP contribution in [0.15, 0.2) is 6.33 Å². The molecule has 67 valence electrons. The quantitative estimate of drug-likeness (QED) is 0.566. The van der Waals surface area contributed by atoms with Gasteiger partial charge in [0, 0.05) is 13.1 Å². The summed E-state index contributed by atoms with van der Waals surface area (Å²) in [7, 11) is -3.60. The van der Waals surface area contributed by atoms with Crippen LogP contribution in [0.3, 0.4) is 0 Å². The fourth-order valence-corrected chi connectivity index (χ4v) is 0.989. The van der Waals surface area contributed by atoms with Crippen molar-refractivity contribution in [2.75, 3.05) is 6.54 Å². The molecule has 1 heterocycles. The second-order valence-corrected chi connectivity index (χ2v) is 3.44. The van der Waals surface area contributed by atoms with Crippen LogP contribution in [0.25, 0.3) is 0 Å². The van der Waals surface area contributed by atoms with Gasteiger partial charge in [-0.25, -0.2) is 9.86 Å². The average molecular weight is 190 g/mol. The van der Waals surface area contributed by atoms with Crippen molar-refractivity contribution in [3.8, 4) is 0 Å². The molecule has 12 heavy (non-hydrogen) atoms. The lowest BCUT2D eigenvalue weighted by atomic mass is 10.6. The fourth-order valence-electron chi connectivity index (χ4n) is 0.613. The first kappa shape index (κ1) is 9.10. The molecular formula is C4H8N5O2S. The molecule has 0 saturated heterocycles. The standard InChI is InChI=1S/C4H8N5O2S/c5-12(10,11)8-1-2-9-3-6-7-4-9/h3,8H,1-2H2,(H2,5,10,11). The summed E-state index contributed by atoms with van der Waals surface area (Å²) in [4.78, 5) is 0. The van der Waals surface area contributed by atoms with E-state index in [1.807, 2.05) is 0 Å². The minimum Gasteiger partial charge on any atom is -0.310 e. The van der Waals surface area contributed by atoms with Gasteiger partial charge < -0.3 is 4.57 Å². The molecule has 0 amide bonds. The van der Waals surface area contributed by atoms with Crippen LogP contribution in [-0.4, -0.2) is 29.7 Å². The molecule has 3 N–H and O–H groups in total. The number of rotatable bonds is 4. The zero-order chi connectivity index (χ0) is 9.03. The van der Waals surface area contributed by atoms with Crippen molar-refractivity contribution >= 4 is 10.2 Å². The van der Waals surface area contributed by atoms with Crippen molar-refractivity contribution in [1.82, 2.24) is 19.5 Å². The Kier molecular flexibility index (Phi) is 2.74. The SMILES string of the molecule is NS(=O)(=O)NCCn1[c]nnc1. The van der Waals surface area contributed by atoms with Gasteiger partial charge in [-0.1, -0.05) is 0 Å². The van der Waals surface area contributed by atoms with Crippen molar-refractivity contribution in [2.24, 2.45) is 5.14 Å². The number of nitrogens with one attached hydrogen (secondary N) is 1. The summed E-state index contributed by atoms with van der Waals surface area (Å²) in [5.41, 5.74) is 0. The molecule has 1 aromatic heterocycles. The van der Waals surface area contributed by atoms with Crippen LogP contribution < -0.4 is 9.86 Å². The van der Waals surface area contributed by atoms with Gasteiger partial charge in [-0.2, -0.15) is 8.42 Å². The minimum atomic E-state index is -3.60. The molecule has 0 aromatic carbocycles. The van der Waals surface area contributed by atoms with E-state index < -0.39 is 10.2 Å². The second kappa shape index (κ2) is 3.61. The highest BCUT2D eigenvalue weighted by molar-refractivity contribution is 7.87. The molecule has 0 aliphatic heterocycles. The Morgan fingerprint density at radius 3 is 2.92 bits per heavy atom. The first-order valence-electron chi connectivity index (χ1n) is 3.11. The molecule has 1 rings (SSSR count). The lowest BCUT2D eigenvalue weighted by Crippen LogP contribution is -2.33. The molecule has 0 fully saturated rings. The smallest absolute Gasteiger partial charge is 0.274 e. The number of aromatic nitrogens is 3. The maximum atomic E-state index is 10.4. The summed E-state index contributed by atoms with van der Waals surface area (Å²) in [6, 6.07) is 0. The summed E-state index contributed by atoms with van der Waals surface area (Å²) < 4.78 is 24.4. The van der Waals surface area contributed by atoms with Gasteiger partial charge in [-0.15, -0.1) is 10.2 Å². The summed E-state index contributed by atoms with van der Waals surface area (Å²) in [5, 5.41) is 11.6. The van der Waals surface area contributed by atoms with Crippen LogP contribution in [0, 0.1) is 6.33 Å². The maximum absolute atomic E-state index is 10.4. The van der Waals surface area contributed by atoms with E-state index in [0.29, 0.717) is 6.54 Å². The Bertz CT molecular complexity index is 317. The van der Waals surface area contributed by atoms with Crippen LogP contribution in [0.4, 0.5) is 0 Å². The van der Waals surface area contributed by atoms with Crippen LogP contribution >= 0.6 is 0 Å². The van der Waals surface area contributed by atoms with Gasteiger partial charge in [0.05, 0.1) is 0 Å². The van der Waals surface area contributed by atoms with E-state index in [1.54, 1.807) is 0 Å². The molecule has 1 aromatic rings. The third-order valence-corrected chi connectivity index (χ3v) is 1.68. The molecule has 0 aliphatic carbocycles. The third-order valence-electron chi connectivity index (χ3n) is 1.08. The normalized spacial score (nSPS) is 11.8. The lowest BCUT2D eigenvalue weighted by Gasteiger charge is -2.00. The van der Waals surface area contributed by atoms with Gasteiger partial charge in [0.2, 0.25) is 6.33 Å². The monoisotopic (exact) mass is 190 g/mol. The summed E-state index contributed by atoms with van der Waals surface area (Å²) >= 11 is 0. The van der Waals surface area contributed by atoms with Crippen molar-refractivity contribution in [2.45, 2.75) is 6.54 Å². The molecule has 0 saturated carbocycles. The highest BCUT2D eigenvalue weighted by Crippen LogP contribution is 1.79. The first-order chi connectivity index (χ1) is 5.58. The van der Waals surface area contributed by atoms with Crippen LogP contribution in [0.1, 0.15) is 0 Å². The highest BCUT2D eigenvalue weighted by Gasteiger charge is 1.99. The zero-order valence-electron chi connectivity index (χ0n) is 6.14. The molecule has 7 nitrogen and oxygen atoms in total. The van der Waals surface area contributed by atoms with E-state index in [9.17, 15) is 8.42 Å². The molecule has 8 heteroatoms. The molecular weight excluding hydrogens is 182 g/mol. The van der Waals surface area contributed by atoms with Crippen molar-refractivity contribution in [3.05, 3.63) is 12.7 Å². The Morgan fingerprint density at radius 1 is 1.67 bits per heavy atom. The van der Waals surface area contributed by atoms with Crippen molar-refractivity contribution in [3.63, 3.8) is 0 Å². The third kappa shape index (κ3) is 3.42. The number of nitrogens with two attached hydrogens (primary N) is 1. The van der Waals surface area contributed by atoms with Crippen LogP contribution in [0.2, 0.25) is 0 Å². The number of hydrogen-bond donors (Lipinski definition) is 2. The predicted octanol–water partition coefficient (Wildman–Crippen LogP) is -2.13. The Labute approximate surface area is 69.8 Å². The molecule has 0 spiro atoms. The van der Waals surface area contributed by atoms with E-state index in [-0.39, 0.29) is 6.54 Å². The van der Waals surface area contributed by atoms with Gasteiger partial charge in [0.25, 0.3) is 10.2 Å². The topological polar surface area (TPSA) is 103 Å². The van der Waals surface area contributed by atoms with Gasteiger partial charge in [-0.3, -0.25) is 0 Å². The minimum absolute atomic E-state index is 0.202. The van der Waals surface area contributed by atoms with E-state index >= 15 is 0 Å². The summed E-state index contributed by atoms with van der Waals surface area (Å²) in [6.45, 7) is 0.608. The fraction of sp³-hybridized carbons (Fsp3) is 0.500. The zero-order valence-corrected chi connectivity index (χ0v) is 6.95. The molecule has 0 aliphatic rings. The van der Waals surface area contributed by atoms with Gasteiger partial charge in [0.1, 0.15) is 6.33 Å². The molecule has 0 bridgehead atoms. The van der Waals surface area contributed by atoms with Crippen LogP contribution in [-0.2, 0) is 16.8 Å². The van der Waals surface area contributed by atoms with Gasteiger partial charge in [0.15, 0.2) is 0 Å². The van der Waals surface area contributed by atoms with E-state index in [4.69, 9.17) is 0 Å². The lowest BCUT2D eigenvalue weighted by molar-refractivity contribution is 0.574. The Hall–Kier alpha value is -0.990. The molecule has 0 unspecified atom stereocenters. The van der Waals surface area contributed by atoms with Crippen LogP contribution in [0.5, 0.6) is 0 Å². The average Bonchev–Trinajstić information content (AvgIpc) is 2.36. The molecule has 0 atom stereocenters. The van der Waals surface area contributed by atoms with Gasteiger partial charge in [-0.05, 0) is 0 Å². The highest BCUT2D eigenvalue weighted by atomic mass is 32.2. The first-order valence-corrected chi connectivity index (χ1v) is 4.65. The molecule has 1 radical (unpaired) electrons. The summed E-state index contributed by atoms with van der Waals surface area (Å²) in [6.07, 6.45) is 3.94. The van der Waals surface area contributed by atoms with E-state index in [1.165, 1.54) is 10.9 Å². The van der Waals surface area contributed by atoms with Crippen molar-refractivity contribution < 1.29 is 8.42 Å². The van der Waals surface area contributed by atoms with E-state index in [0.717, 1.165) is 0 Å². The Morgan fingerprint density at radius 2 is 2.42 bits per heavy atom. The van der Waals surface area contributed by atoms with E-state index in [2.05, 4.69) is 26.4 Å². The number of nitrogens with zero attached hydrogens (tertiary/aromatic N) is 3. The summed E-state index contributed by atoms with van der Waals surface area (Å²) in [5.74, 6) is 0. The largest absolute Gasteiger partial charge is 0.310 e. The van der Waals surface area contributed by atoms with Gasteiger partial charge >= 0.3 is 0 Å².